The predicted octanol–water partition coefficient (Wildman–Crippen LogP) is 2.42. The first kappa shape index (κ1) is 14.4. The maximum Gasteiger partial charge on any atom is 0.573 e. The van der Waals surface area contributed by atoms with Gasteiger partial charge in [-0.15, -0.1) is 13.2 Å². The highest BCUT2D eigenvalue weighted by atomic mass is 19.4. The number of aromatic nitrogens is 1. The van der Waals surface area contributed by atoms with Crippen molar-refractivity contribution in [1.82, 2.24) is 4.98 Å². The van der Waals surface area contributed by atoms with Gasteiger partial charge >= 0.3 is 6.36 Å². The summed E-state index contributed by atoms with van der Waals surface area (Å²) in [6.07, 6.45) is -7.94. The van der Waals surface area contributed by atoms with Crippen LogP contribution < -0.4 is 9.47 Å². The molecule has 0 bridgehead atoms. The number of alkyl halides is 5. The summed E-state index contributed by atoms with van der Waals surface area (Å²) >= 11 is 0. The highest BCUT2D eigenvalue weighted by Crippen LogP contribution is 2.38. The van der Waals surface area contributed by atoms with Crippen LogP contribution in [0.25, 0.3) is 0 Å². The number of pyridine rings is 1. The Balaban J connectivity index is 3.35. The number of hydrogen-bond donors (Lipinski definition) is 1. The van der Waals surface area contributed by atoms with E-state index in [1.54, 1.807) is 0 Å². The number of nitrogens with zero attached hydrogens (tertiary/aromatic N) is 1. The van der Waals surface area contributed by atoms with E-state index in [9.17, 15) is 22.0 Å². The van der Waals surface area contributed by atoms with Crippen LogP contribution in [-0.4, -0.2) is 23.6 Å². The maximum absolute atomic E-state index is 12.7. The number of aliphatic hydroxyl groups excluding tert-OH is 1. The van der Waals surface area contributed by atoms with Gasteiger partial charge in [0.25, 0.3) is 6.43 Å². The lowest BCUT2D eigenvalue weighted by atomic mass is 10.1. The van der Waals surface area contributed by atoms with Crippen molar-refractivity contribution in [2.75, 3.05) is 7.11 Å². The Bertz CT molecular complexity index is 421. The SMILES string of the molecule is COc1ncc(OC(F)(F)F)c(C(F)F)c1CO. The Labute approximate surface area is 98.0 Å². The second-order valence-electron chi connectivity index (χ2n) is 3.03. The average molecular weight is 273 g/mol. The largest absolute Gasteiger partial charge is 0.573 e. The van der Waals surface area contributed by atoms with E-state index in [0.717, 1.165) is 7.11 Å². The molecule has 18 heavy (non-hydrogen) atoms. The third-order valence-electron chi connectivity index (χ3n) is 1.94. The molecule has 0 aromatic carbocycles. The third kappa shape index (κ3) is 3.19. The molecule has 1 N–H and O–H groups in total. The van der Waals surface area contributed by atoms with Crippen molar-refractivity contribution in [3.05, 3.63) is 17.3 Å². The van der Waals surface area contributed by atoms with Crippen LogP contribution in [0.5, 0.6) is 11.6 Å². The average Bonchev–Trinajstić information content (AvgIpc) is 2.25. The lowest BCUT2D eigenvalue weighted by Crippen LogP contribution is -2.19. The van der Waals surface area contributed by atoms with E-state index in [2.05, 4.69) is 14.5 Å². The van der Waals surface area contributed by atoms with Crippen LogP contribution in [0.15, 0.2) is 6.20 Å². The van der Waals surface area contributed by atoms with Crippen LogP contribution in [0.3, 0.4) is 0 Å². The van der Waals surface area contributed by atoms with Crippen molar-refractivity contribution in [2.45, 2.75) is 19.4 Å². The molecule has 0 aliphatic carbocycles. The molecule has 0 atom stereocenters. The highest BCUT2D eigenvalue weighted by Gasteiger charge is 2.35. The van der Waals surface area contributed by atoms with E-state index in [1.165, 1.54) is 0 Å². The van der Waals surface area contributed by atoms with Crippen molar-refractivity contribution in [3.63, 3.8) is 0 Å². The van der Waals surface area contributed by atoms with E-state index >= 15 is 0 Å². The first-order valence-corrected chi connectivity index (χ1v) is 4.50. The fraction of sp³-hybridized carbons (Fsp3) is 0.444. The van der Waals surface area contributed by atoms with Gasteiger partial charge in [0.05, 0.1) is 31.0 Å². The van der Waals surface area contributed by atoms with Crippen LogP contribution in [0.2, 0.25) is 0 Å². The second-order valence-corrected chi connectivity index (χ2v) is 3.03. The summed E-state index contributed by atoms with van der Waals surface area (Å²) in [7, 11) is 1.08. The minimum Gasteiger partial charge on any atom is -0.481 e. The molecule has 0 aliphatic heterocycles. The van der Waals surface area contributed by atoms with Gasteiger partial charge in [-0.25, -0.2) is 13.8 Å². The van der Waals surface area contributed by atoms with Crippen LogP contribution in [0.1, 0.15) is 17.6 Å². The van der Waals surface area contributed by atoms with Crippen molar-refractivity contribution in [1.29, 1.82) is 0 Å². The molecule has 102 valence electrons. The number of aliphatic hydroxyl groups is 1. The van der Waals surface area contributed by atoms with E-state index in [1.807, 2.05) is 0 Å². The Hall–Kier alpha value is -1.64. The molecule has 1 aromatic heterocycles. The highest BCUT2D eigenvalue weighted by molar-refractivity contribution is 5.44. The molecule has 0 saturated carbocycles. The van der Waals surface area contributed by atoms with Crippen LogP contribution in [0.4, 0.5) is 22.0 Å². The maximum atomic E-state index is 12.7. The summed E-state index contributed by atoms with van der Waals surface area (Å²) in [6, 6.07) is 0. The lowest BCUT2D eigenvalue weighted by Gasteiger charge is -2.16. The van der Waals surface area contributed by atoms with Crippen LogP contribution in [0, 0.1) is 0 Å². The van der Waals surface area contributed by atoms with Gasteiger partial charge in [0.1, 0.15) is 0 Å². The third-order valence-corrected chi connectivity index (χ3v) is 1.94. The molecule has 0 unspecified atom stereocenters. The topological polar surface area (TPSA) is 51.6 Å². The molecule has 4 nitrogen and oxygen atoms in total. The number of ether oxygens (including phenoxy) is 2. The van der Waals surface area contributed by atoms with Gasteiger partial charge in [-0.1, -0.05) is 0 Å². The predicted molar refractivity (Wildman–Crippen MR) is 48.4 cm³/mol. The zero-order chi connectivity index (χ0) is 13.9. The molecular weight excluding hydrogens is 265 g/mol. The van der Waals surface area contributed by atoms with Crippen LogP contribution in [-0.2, 0) is 6.61 Å². The van der Waals surface area contributed by atoms with Gasteiger partial charge in [-0.3, -0.25) is 0 Å². The zero-order valence-electron chi connectivity index (χ0n) is 8.96. The second kappa shape index (κ2) is 5.34. The van der Waals surface area contributed by atoms with Gasteiger partial charge in [-0.05, 0) is 0 Å². The van der Waals surface area contributed by atoms with Gasteiger partial charge in [0.2, 0.25) is 5.88 Å². The normalized spacial score (nSPS) is 11.8. The standard InChI is InChI=1S/C9H8F5NO3/c1-17-8-4(3-16)6(7(10)11)5(2-15-8)18-9(12,13)14/h2,7,16H,3H2,1H3. The van der Waals surface area contributed by atoms with Gasteiger partial charge < -0.3 is 14.6 Å². The fourth-order valence-electron chi connectivity index (χ4n) is 1.30. The molecule has 1 heterocycles. The van der Waals surface area contributed by atoms with Gasteiger partial charge in [-0.2, -0.15) is 0 Å². The molecule has 0 amide bonds. The molecule has 1 rings (SSSR count). The number of methoxy groups -OCH3 is 1. The number of hydrogen-bond acceptors (Lipinski definition) is 4. The molecule has 0 aliphatic rings. The fourth-order valence-corrected chi connectivity index (χ4v) is 1.30. The number of halogens is 5. The Morgan fingerprint density at radius 1 is 1.39 bits per heavy atom. The van der Waals surface area contributed by atoms with E-state index in [-0.39, 0.29) is 5.88 Å². The van der Waals surface area contributed by atoms with E-state index in [4.69, 9.17) is 5.11 Å². The van der Waals surface area contributed by atoms with E-state index < -0.39 is 36.3 Å². The first-order chi connectivity index (χ1) is 8.30. The van der Waals surface area contributed by atoms with Gasteiger partial charge in [0.15, 0.2) is 5.75 Å². The summed E-state index contributed by atoms with van der Waals surface area (Å²) in [5.74, 6) is -1.55. The Kier molecular flexibility index (Phi) is 4.28. The molecule has 0 spiro atoms. The minimum atomic E-state index is -5.13. The van der Waals surface area contributed by atoms with Crippen molar-refractivity contribution in [3.8, 4) is 11.6 Å². The molecule has 0 fully saturated rings. The minimum absolute atomic E-state index is 0.387. The Morgan fingerprint density at radius 3 is 2.39 bits per heavy atom. The molecule has 1 aromatic rings. The Morgan fingerprint density at radius 2 is 2.00 bits per heavy atom. The van der Waals surface area contributed by atoms with Gasteiger partial charge in [0, 0.05) is 0 Å². The molecular formula is C9H8F5NO3. The summed E-state index contributed by atoms with van der Waals surface area (Å²) in [6.45, 7) is -0.953. The van der Waals surface area contributed by atoms with Crippen molar-refractivity contribution in [2.24, 2.45) is 0 Å². The lowest BCUT2D eigenvalue weighted by molar-refractivity contribution is -0.275. The summed E-state index contributed by atoms with van der Waals surface area (Å²) in [5.41, 5.74) is -1.64. The molecule has 0 saturated heterocycles. The van der Waals surface area contributed by atoms with Crippen molar-refractivity contribution >= 4 is 0 Å². The summed E-state index contributed by atoms with van der Waals surface area (Å²) < 4.78 is 69.5. The molecule has 0 radical (unpaired) electrons. The number of rotatable bonds is 4. The summed E-state index contributed by atoms with van der Waals surface area (Å²) in [4.78, 5) is 3.35. The van der Waals surface area contributed by atoms with Crippen molar-refractivity contribution < 1.29 is 36.5 Å². The summed E-state index contributed by atoms with van der Waals surface area (Å²) in [5, 5.41) is 8.91. The van der Waals surface area contributed by atoms with E-state index in [0.29, 0.717) is 6.20 Å². The quantitative estimate of drug-likeness (QED) is 0.856. The smallest absolute Gasteiger partial charge is 0.481 e. The molecule has 9 heteroatoms. The zero-order valence-corrected chi connectivity index (χ0v) is 8.96. The first-order valence-electron chi connectivity index (χ1n) is 4.50. The monoisotopic (exact) mass is 273 g/mol. The van der Waals surface area contributed by atoms with Crippen LogP contribution >= 0.6 is 0 Å².